The molecule has 88 valence electrons. The van der Waals surface area contributed by atoms with Crippen molar-refractivity contribution >= 4 is 5.97 Å². The molecule has 1 aromatic rings. The maximum absolute atomic E-state index is 11.2. The van der Waals surface area contributed by atoms with Crippen molar-refractivity contribution in [1.29, 1.82) is 0 Å². The third kappa shape index (κ3) is 2.41. The third-order valence-electron chi connectivity index (χ3n) is 2.94. The zero-order valence-corrected chi connectivity index (χ0v) is 9.39. The van der Waals surface area contributed by atoms with E-state index in [4.69, 9.17) is 0 Å². The van der Waals surface area contributed by atoms with Crippen molar-refractivity contribution in [2.75, 3.05) is 6.54 Å². The number of carboxylic acids is 1. The Morgan fingerprint density at radius 3 is 3.06 bits per heavy atom. The van der Waals surface area contributed by atoms with E-state index >= 15 is 0 Å². The monoisotopic (exact) mass is 223 g/mol. The predicted molar refractivity (Wildman–Crippen MR) is 59.0 cm³/mol. The van der Waals surface area contributed by atoms with Gasteiger partial charge < -0.3 is 9.67 Å². The van der Waals surface area contributed by atoms with Gasteiger partial charge >= 0.3 is 5.97 Å². The molecule has 0 saturated heterocycles. The standard InChI is InChI=1S/C11H17N3O2/c1-2-14-7-12-6-9(14)10(11(15)16)13-5-8-3-4-8/h6-8,10,13H,2-5H2,1H3,(H,15,16). The molecule has 16 heavy (non-hydrogen) atoms. The number of carbonyl (C=O) groups is 1. The second kappa shape index (κ2) is 4.65. The summed E-state index contributed by atoms with van der Waals surface area (Å²) in [5, 5.41) is 12.3. The Hall–Kier alpha value is -1.36. The first-order valence-corrected chi connectivity index (χ1v) is 5.68. The highest BCUT2D eigenvalue weighted by molar-refractivity contribution is 5.74. The SMILES string of the molecule is CCn1cncc1C(NCC1CC1)C(=O)O. The molecule has 0 bridgehead atoms. The fourth-order valence-electron chi connectivity index (χ4n) is 1.76. The summed E-state index contributed by atoms with van der Waals surface area (Å²) in [6.45, 7) is 3.50. The molecule has 2 N–H and O–H groups in total. The summed E-state index contributed by atoms with van der Waals surface area (Å²) in [5.74, 6) is -0.171. The van der Waals surface area contributed by atoms with Crippen molar-refractivity contribution in [2.24, 2.45) is 5.92 Å². The number of aryl methyl sites for hydroxylation is 1. The van der Waals surface area contributed by atoms with Gasteiger partial charge in [0.1, 0.15) is 6.04 Å². The van der Waals surface area contributed by atoms with E-state index < -0.39 is 12.0 Å². The second-order valence-corrected chi connectivity index (χ2v) is 4.23. The molecule has 0 spiro atoms. The maximum atomic E-state index is 11.2. The molecule has 1 fully saturated rings. The van der Waals surface area contributed by atoms with Crippen LogP contribution in [0.2, 0.25) is 0 Å². The van der Waals surface area contributed by atoms with E-state index in [0.29, 0.717) is 5.92 Å². The Balaban J connectivity index is 2.07. The zero-order chi connectivity index (χ0) is 11.5. The largest absolute Gasteiger partial charge is 0.480 e. The minimum Gasteiger partial charge on any atom is -0.480 e. The zero-order valence-electron chi connectivity index (χ0n) is 9.39. The Morgan fingerprint density at radius 1 is 1.75 bits per heavy atom. The van der Waals surface area contributed by atoms with Crippen LogP contribution in [-0.2, 0) is 11.3 Å². The number of carboxylic acid groups (broad SMARTS) is 1. The fraction of sp³-hybridized carbons (Fsp3) is 0.636. The number of hydrogen-bond donors (Lipinski definition) is 2. The van der Waals surface area contributed by atoms with Crippen LogP contribution < -0.4 is 5.32 Å². The normalized spacial score (nSPS) is 17.3. The number of rotatable bonds is 6. The molecule has 1 aromatic heterocycles. The minimum atomic E-state index is -0.837. The van der Waals surface area contributed by atoms with Gasteiger partial charge in [0.2, 0.25) is 0 Å². The van der Waals surface area contributed by atoms with Gasteiger partial charge in [-0.05, 0) is 32.2 Å². The lowest BCUT2D eigenvalue weighted by molar-refractivity contribution is -0.139. The maximum Gasteiger partial charge on any atom is 0.326 e. The molecular formula is C11H17N3O2. The van der Waals surface area contributed by atoms with E-state index in [9.17, 15) is 9.90 Å². The molecule has 1 aliphatic carbocycles. The first-order valence-electron chi connectivity index (χ1n) is 5.68. The van der Waals surface area contributed by atoms with Crippen LogP contribution >= 0.6 is 0 Å². The molecule has 1 atom stereocenters. The average molecular weight is 223 g/mol. The van der Waals surface area contributed by atoms with Crippen LogP contribution in [0, 0.1) is 5.92 Å². The highest BCUT2D eigenvalue weighted by atomic mass is 16.4. The highest BCUT2D eigenvalue weighted by Crippen LogP contribution is 2.28. The summed E-state index contributed by atoms with van der Waals surface area (Å²) < 4.78 is 1.86. The van der Waals surface area contributed by atoms with Crippen molar-refractivity contribution in [1.82, 2.24) is 14.9 Å². The van der Waals surface area contributed by atoms with Gasteiger partial charge in [0.05, 0.1) is 18.2 Å². The van der Waals surface area contributed by atoms with Crippen molar-refractivity contribution in [3.8, 4) is 0 Å². The van der Waals surface area contributed by atoms with Gasteiger partial charge in [0.25, 0.3) is 0 Å². The van der Waals surface area contributed by atoms with Crippen LogP contribution in [0.3, 0.4) is 0 Å². The average Bonchev–Trinajstić information content (AvgIpc) is 2.95. The molecule has 1 aliphatic rings. The highest BCUT2D eigenvalue weighted by Gasteiger charge is 2.27. The molecule has 0 amide bonds. The van der Waals surface area contributed by atoms with Gasteiger partial charge in [-0.1, -0.05) is 0 Å². The number of aromatic nitrogens is 2. The number of aliphatic carboxylic acids is 1. The minimum absolute atomic E-state index is 0.636. The quantitative estimate of drug-likeness (QED) is 0.755. The summed E-state index contributed by atoms with van der Waals surface area (Å²) in [5.41, 5.74) is 0.732. The topological polar surface area (TPSA) is 67.2 Å². The van der Waals surface area contributed by atoms with Gasteiger partial charge in [-0.15, -0.1) is 0 Å². The van der Waals surface area contributed by atoms with E-state index in [1.807, 2.05) is 11.5 Å². The Bertz CT molecular complexity index is 371. The molecule has 5 nitrogen and oxygen atoms in total. The van der Waals surface area contributed by atoms with Gasteiger partial charge in [-0.25, -0.2) is 4.98 Å². The molecule has 1 unspecified atom stereocenters. The molecule has 2 rings (SSSR count). The molecule has 5 heteroatoms. The summed E-state index contributed by atoms with van der Waals surface area (Å²) in [6, 6.07) is -0.636. The first-order chi connectivity index (χ1) is 7.72. The molecule has 0 radical (unpaired) electrons. The van der Waals surface area contributed by atoms with Gasteiger partial charge in [-0.2, -0.15) is 0 Å². The van der Waals surface area contributed by atoms with E-state index in [-0.39, 0.29) is 0 Å². The van der Waals surface area contributed by atoms with Crippen molar-refractivity contribution in [2.45, 2.75) is 32.4 Å². The summed E-state index contributed by atoms with van der Waals surface area (Å²) >= 11 is 0. The summed E-state index contributed by atoms with van der Waals surface area (Å²) in [7, 11) is 0. The van der Waals surface area contributed by atoms with Gasteiger partial charge in [0, 0.05) is 6.54 Å². The van der Waals surface area contributed by atoms with Crippen molar-refractivity contribution in [3.63, 3.8) is 0 Å². The fourth-order valence-corrected chi connectivity index (χ4v) is 1.76. The molecule has 0 aliphatic heterocycles. The number of nitrogens with one attached hydrogen (secondary N) is 1. The number of hydrogen-bond acceptors (Lipinski definition) is 3. The van der Waals surface area contributed by atoms with Crippen LogP contribution in [0.25, 0.3) is 0 Å². The molecule has 1 saturated carbocycles. The van der Waals surface area contributed by atoms with E-state index in [1.54, 1.807) is 12.5 Å². The molecule has 0 aromatic carbocycles. The lowest BCUT2D eigenvalue weighted by atomic mass is 10.2. The first kappa shape index (κ1) is 11.1. The van der Waals surface area contributed by atoms with Crippen molar-refractivity contribution in [3.05, 3.63) is 18.2 Å². The van der Waals surface area contributed by atoms with Gasteiger partial charge in [-0.3, -0.25) is 10.1 Å². The van der Waals surface area contributed by atoms with E-state index in [1.165, 1.54) is 12.8 Å². The van der Waals surface area contributed by atoms with Gasteiger partial charge in [0.15, 0.2) is 0 Å². The van der Waals surface area contributed by atoms with Crippen molar-refractivity contribution < 1.29 is 9.90 Å². The lowest BCUT2D eigenvalue weighted by Crippen LogP contribution is -2.31. The smallest absolute Gasteiger partial charge is 0.326 e. The predicted octanol–water partition coefficient (Wildman–Crippen LogP) is 1.03. The summed E-state index contributed by atoms with van der Waals surface area (Å²) in [6.07, 6.45) is 5.73. The second-order valence-electron chi connectivity index (χ2n) is 4.23. The van der Waals surface area contributed by atoms with Crippen LogP contribution in [0.15, 0.2) is 12.5 Å². The van der Waals surface area contributed by atoms with Crippen LogP contribution in [0.5, 0.6) is 0 Å². The Labute approximate surface area is 94.5 Å². The van der Waals surface area contributed by atoms with Crippen LogP contribution in [0.4, 0.5) is 0 Å². The third-order valence-corrected chi connectivity index (χ3v) is 2.94. The lowest BCUT2D eigenvalue weighted by Gasteiger charge is -2.15. The number of imidazole rings is 1. The van der Waals surface area contributed by atoms with Crippen LogP contribution in [-0.4, -0.2) is 27.2 Å². The molecular weight excluding hydrogens is 206 g/mol. The van der Waals surface area contributed by atoms with E-state index in [0.717, 1.165) is 18.8 Å². The molecule has 1 heterocycles. The Morgan fingerprint density at radius 2 is 2.50 bits per heavy atom. The van der Waals surface area contributed by atoms with Crippen LogP contribution in [0.1, 0.15) is 31.5 Å². The van der Waals surface area contributed by atoms with E-state index in [2.05, 4.69) is 10.3 Å². The Kier molecular flexibility index (Phi) is 3.24. The number of nitrogens with zero attached hydrogens (tertiary/aromatic N) is 2. The summed E-state index contributed by atoms with van der Waals surface area (Å²) in [4.78, 5) is 15.2.